The maximum atomic E-state index is 12.0. The number of halogens is 2. The Balaban J connectivity index is 2.28. The van der Waals surface area contributed by atoms with Crippen LogP contribution in [-0.2, 0) is 0 Å². The number of aromatic hydroxyl groups is 2. The molecule has 0 fully saturated rings. The molecule has 2 aromatic carbocycles. The Kier molecular flexibility index (Phi) is 3.97. The first-order valence-corrected chi connectivity index (χ1v) is 6.43. The van der Waals surface area contributed by atoms with Gasteiger partial charge in [-0.25, -0.2) is 0 Å². The molecule has 6 heteroatoms. The molecule has 0 spiro atoms. The van der Waals surface area contributed by atoms with Crippen molar-refractivity contribution in [3.63, 3.8) is 0 Å². The summed E-state index contributed by atoms with van der Waals surface area (Å²) in [5, 5.41) is 21.6. The summed E-state index contributed by atoms with van der Waals surface area (Å²) in [5.74, 6) is -0.615. The minimum absolute atomic E-state index is 0.00769. The van der Waals surface area contributed by atoms with Crippen LogP contribution in [0.15, 0.2) is 40.9 Å². The van der Waals surface area contributed by atoms with Gasteiger partial charge in [0.2, 0.25) is 0 Å². The van der Waals surface area contributed by atoms with Crippen molar-refractivity contribution >= 4 is 39.1 Å². The topological polar surface area (TPSA) is 69.6 Å². The van der Waals surface area contributed by atoms with Crippen molar-refractivity contribution in [2.75, 3.05) is 5.32 Å². The lowest BCUT2D eigenvalue weighted by Gasteiger charge is -2.09. The number of amides is 1. The van der Waals surface area contributed by atoms with Crippen molar-refractivity contribution < 1.29 is 15.0 Å². The molecule has 0 heterocycles. The zero-order valence-corrected chi connectivity index (χ0v) is 11.9. The molecular weight excluding hydrogens is 334 g/mol. The third-order valence-corrected chi connectivity index (χ3v) is 3.21. The predicted octanol–water partition coefficient (Wildman–Crippen LogP) is 3.77. The van der Waals surface area contributed by atoms with Crippen LogP contribution in [0.2, 0.25) is 5.02 Å². The van der Waals surface area contributed by atoms with E-state index in [9.17, 15) is 15.0 Å². The molecule has 0 aliphatic rings. The fourth-order valence-corrected chi connectivity index (χ4v) is 2.07. The van der Waals surface area contributed by atoms with E-state index < -0.39 is 5.91 Å². The van der Waals surface area contributed by atoms with Gasteiger partial charge in [-0.05, 0) is 30.3 Å². The summed E-state index contributed by atoms with van der Waals surface area (Å²) >= 11 is 9.11. The van der Waals surface area contributed by atoms with Crippen LogP contribution in [-0.4, -0.2) is 16.1 Å². The van der Waals surface area contributed by atoms with Crippen LogP contribution in [0, 0.1) is 0 Å². The number of phenols is 2. The second kappa shape index (κ2) is 5.50. The first kappa shape index (κ1) is 13.7. The summed E-state index contributed by atoms with van der Waals surface area (Å²) in [5.41, 5.74) is 0.474. The molecule has 0 bridgehead atoms. The van der Waals surface area contributed by atoms with Gasteiger partial charge in [-0.2, -0.15) is 0 Å². The summed E-state index contributed by atoms with van der Waals surface area (Å²) < 4.78 is 0.673. The number of rotatable bonds is 2. The number of benzene rings is 2. The van der Waals surface area contributed by atoms with Gasteiger partial charge in [0.25, 0.3) is 5.91 Å². The average molecular weight is 343 g/mol. The summed E-state index contributed by atoms with van der Waals surface area (Å²) in [6.45, 7) is 0. The van der Waals surface area contributed by atoms with Crippen LogP contribution in [0.3, 0.4) is 0 Å². The fraction of sp³-hybridized carbons (Fsp3) is 0. The van der Waals surface area contributed by atoms with E-state index in [1.807, 2.05) is 0 Å². The van der Waals surface area contributed by atoms with Crippen LogP contribution in [0.4, 0.5) is 5.69 Å². The van der Waals surface area contributed by atoms with E-state index in [0.29, 0.717) is 10.2 Å². The van der Waals surface area contributed by atoms with Crippen molar-refractivity contribution in [3.05, 3.63) is 51.5 Å². The van der Waals surface area contributed by atoms with Gasteiger partial charge in [0.05, 0.1) is 16.3 Å². The van der Waals surface area contributed by atoms with Crippen molar-refractivity contribution in [3.8, 4) is 11.5 Å². The Hall–Kier alpha value is -1.72. The van der Waals surface area contributed by atoms with Gasteiger partial charge in [-0.15, -0.1) is 0 Å². The quantitative estimate of drug-likeness (QED) is 0.728. The van der Waals surface area contributed by atoms with Crippen molar-refractivity contribution in [1.29, 1.82) is 0 Å². The van der Waals surface area contributed by atoms with Crippen LogP contribution in [0.5, 0.6) is 11.5 Å². The van der Waals surface area contributed by atoms with Crippen LogP contribution < -0.4 is 5.32 Å². The molecular formula is C13H9BrClNO3. The summed E-state index contributed by atoms with van der Waals surface area (Å²) in [6, 6.07) is 8.74. The van der Waals surface area contributed by atoms with E-state index in [2.05, 4.69) is 21.2 Å². The van der Waals surface area contributed by atoms with Gasteiger partial charge in [0, 0.05) is 10.5 Å². The standard InChI is InChI=1S/C13H9BrClNO3/c14-7-1-4-12(18)9(5-7)13(19)16-11-3-2-8(17)6-10(11)15/h1-6,17-18H,(H,16,19). The van der Waals surface area contributed by atoms with Gasteiger partial charge >= 0.3 is 0 Å². The van der Waals surface area contributed by atoms with Gasteiger partial charge in [0.15, 0.2) is 0 Å². The molecule has 0 saturated carbocycles. The molecule has 0 unspecified atom stereocenters. The molecule has 0 aromatic heterocycles. The van der Waals surface area contributed by atoms with Crippen molar-refractivity contribution in [2.24, 2.45) is 0 Å². The molecule has 0 radical (unpaired) electrons. The number of carbonyl (C=O) groups is 1. The number of hydrogen-bond donors (Lipinski definition) is 3. The third kappa shape index (κ3) is 3.19. The molecule has 2 aromatic rings. The summed E-state index contributed by atoms with van der Waals surface area (Å²) in [6.07, 6.45) is 0. The van der Waals surface area contributed by atoms with Crippen molar-refractivity contribution in [1.82, 2.24) is 0 Å². The fourth-order valence-electron chi connectivity index (χ4n) is 1.49. The number of phenolic OH excluding ortho intramolecular Hbond substituents is 2. The number of anilines is 1. The predicted molar refractivity (Wildman–Crippen MR) is 76.9 cm³/mol. The van der Waals surface area contributed by atoms with E-state index in [-0.39, 0.29) is 22.1 Å². The molecule has 0 aliphatic carbocycles. The lowest BCUT2D eigenvalue weighted by molar-refractivity contribution is 0.102. The van der Waals surface area contributed by atoms with Crippen molar-refractivity contribution in [2.45, 2.75) is 0 Å². The third-order valence-electron chi connectivity index (χ3n) is 2.40. The maximum absolute atomic E-state index is 12.0. The number of hydrogen-bond acceptors (Lipinski definition) is 3. The Morgan fingerprint density at radius 3 is 2.58 bits per heavy atom. The highest BCUT2D eigenvalue weighted by Crippen LogP contribution is 2.28. The normalized spacial score (nSPS) is 10.2. The molecule has 0 saturated heterocycles. The number of carbonyl (C=O) groups excluding carboxylic acids is 1. The molecule has 1 amide bonds. The smallest absolute Gasteiger partial charge is 0.259 e. The molecule has 2 rings (SSSR count). The van der Waals surface area contributed by atoms with Gasteiger partial charge < -0.3 is 15.5 Å². The minimum atomic E-state index is -0.494. The molecule has 3 N–H and O–H groups in total. The van der Waals surface area contributed by atoms with Crippen LogP contribution in [0.1, 0.15) is 10.4 Å². The molecule has 0 atom stereocenters. The maximum Gasteiger partial charge on any atom is 0.259 e. The van der Waals surface area contributed by atoms with Gasteiger partial charge in [0.1, 0.15) is 11.5 Å². The molecule has 19 heavy (non-hydrogen) atoms. The van der Waals surface area contributed by atoms with E-state index in [4.69, 9.17) is 11.6 Å². The number of nitrogens with one attached hydrogen (secondary N) is 1. The largest absolute Gasteiger partial charge is 0.508 e. The Bertz CT molecular complexity index is 646. The van der Waals surface area contributed by atoms with Gasteiger partial charge in [-0.3, -0.25) is 4.79 Å². The van der Waals surface area contributed by atoms with Crippen LogP contribution in [0.25, 0.3) is 0 Å². The molecule has 98 valence electrons. The summed E-state index contributed by atoms with van der Waals surface area (Å²) in [7, 11) is 0. The Morgan fingerprint density at radius 1 is 1.16 bits per heavy atom. The average Bonchev–Trinajstić information content (AvgIpc) is 2.35. The second-order valence-electron chi connectivity index (χ2n) is 3.78. The highest BCUT2D eigenvalue weighted by Gasteiger charge is 2.13. The van der Waals surface area contributed by atoms with Gasteiger partial charge in [-0.1, -0.05) is 27.5 Å². The van der Waals surface area contributed by atoms with Crippen LogP contribution >= 0.6 is 27.5 Å². The first-order chi connectivity index (χ1) is 8.97. The molecule has 4 nitrogen and oxygen atoms in total. The second-order valence-corrected chi connectivity index (χ2v) is 5.10. The highest BCUT2D eigenvalue weighted by atomic mass is 79.9. The first-order valence-electron chi connectivity index (χ1n) is 5.26. The minimum Gasteiger partial charge on any atom is -0.508 e. The lowest BCUT2D eigenvalue weighted by atomic mass is 10.2. The zero-order chi connectivity index (χ0) is 14.0. The van der Waals surface area contributed by atoms with E-state index in [1.165, 1.54) is 30.3 Å². The zero-order valence-electron chi connectivity index (χ0n) is 9.52. The van der Waals surface area contributed by atoms with E-state index in [1.54, 1.807) is 6.07 Å². The molecule has 0 aliphatic heterocycles. The Morgan fingerprint density at radius 2 is 1.89 bits per heavy atom. The lowest BCUT2D eigenvalue weighted by Crippen LogP contribution is -2.12. The van der Waals surface area contributed by atoms with E-state index >= 15 is 0 Å². The monoisotopic (exact) mass is 341 g/mol. The SMILES string of the molecule is O=C(Nc1ccc(O)cc1Cl)c1cc(Br)ccc1O. The van der Waals surface area contributed by atoms with E-state index in [0.717, 1.165) is 0 Å². The highest BCUT2D eigenvalue weighted by molar-refractivity contribution is 9.10. The Labute approximate surface area is 122 Å². The summed E-state index contributed by atoms with van der Waals surface area (Å²) in [4.78, 5) is 12.0.